The van der Waals surface area contributed by atoms with Crippen molar-refractivity contribution in [1.29, 1.82) is 0 Å². The number of anilines is 1. The van der Waals surface area contributed by atoms with E-state index in [-0.39, 0.29) is 23.8 Å². The summed E-state index contributed by atoms with van der Waals surface area (Å²) in [4.78, 5) is 32.6. The fraction of sp³-hybridized carbons (Fsp3) is 0.227. The number of benzene rings is 2. The zero-order chi connectivity index (χ0) is 21.1. The molecule has 0 aliphatic carbocycles. The molecule has 0 saturated carbocycles. The predicted molar refractivity (Wildman–Crippen MR) is 119 cm³/mol. The molecule has 0 fully saturated rings. The highest BCUT2D eigenvalue weighted by atomic mass is 35.5. The van der Waals surface area contributed by atoms with Crippen LogP contribution in [0.15, 0.2) is 58.5 Å². The summed E-state index contributed by atoms with van der Waals surface area (Å²) < 4.78 is 5.48. The molecule has 154 valence electrons. The number of hydrogen-bond acceptors (Lipinski definition) is 5. The second-order valence-electron chi connectivity index (χ2n) is 6.82. The van der Waals surface area contributed by atoms with Crippen molar-refractivity contribution in [1.82, 2.24) is 9.97 Å². The molecule has 1 aliphatic heterocycles. The van der Waals surface area contributed by atoms with Crippen molar-refractivity contribution in [3.05, 3.63) is 80.6 Å². The fourth-order valence-electron chi connectivity index (χ4n) is 3.43. The second kappa shape index (κ2) is 8.93. The lowest BCUT2D eigenvalue weighted by Crippen LogP contribution is -2.31. The average Bonchev–Trinajstić information content (AvgIpc) is 2.73. The van der Waals surface area contributed by atoms with Crippen LogP contribution in [0.5, 0.6) is 5.75 Å². The van der Waals surface area contributed by atoms with Crippen molar-refractivity contribution >= 4 is 35.1 Å². The van der Waals surface area contributed by atoms with E-state index in [1.54, 1.807) is 0 Å². The Bertz CT molecular complexity index is 1130. The number of hydrogen-bond donors (Lipinski definition) is 2. The number of carbonyl (C=O) groups is 1. The van der Waals surface area contributed by atoms with Gasteiger partial charge in [0.15, 0.2) is 5.16 Å². The van der Waals surface area contributed by atoms with Gasteiger partial charge in [-0.3, -0.25) is 9.59 Å². The SMILES string of the molecule is CCOc1ccc(C2CC(=O)Nc3nc(SCc4ccccc4Cl)[nH]c(=O)c32)cc1. The highest BCUT2D eigenvalue weighted by Crippen LogP contribution is 2.35. The molecule has 1 aromatic heterocycles. The summed E-state index contributed by atoms with van der Waals surface area (Å²) in [6.45, 7) is 2.49. The third-order valence-electron chi connectivity index (χ3n) is 4.85. The quantitative estimate of drug-likeness (QED) is 0.431. The van der Waals surface area contributed by atoms with E-state index in [4.69, 9.17) is 16.3 Å². The lowest BCUT2D eigenvalue weighted by atomic mass is 9.87. The van der Waals surface area contributed by atoms with Crippen LogP contribution in [0.4, 0.5) is 5.82 Å². The molecule has 4 rings (SSSR count). The van der Waals surface area contributed by atoms with E-state index < -0.39 is 0 Å². The van der Waals surface area contributed by atoms with Crippen LogP contribution in [0.3, 0.4) is 0 Å². The van der Waals surface area contributed by atoms with Crippen LogP contribution in [-0.4, -0.2) is 22.5 Å². The molecule has 2 N–H and O–H groups in total. The van der Waals surface area contributed by atoms with Crippen LogP contribution in [-0.2, 0) is 10.5 Å². The first kappa shape index (κ1) is 20.5. The van der Waals surface area contributed by atoms with Gasteiger partial charge >= 0.3 is 0 Å². The maximum atomic E-state index is 12.9. The number of thioether (sulfide) groups is 1. The summed E-state index contributed by atoms with van der Waals surface area (Å²) >= 11 is 7.56. The summed E-state index contributed by atoms with van der Waals surface area (Å²) in [6.07, 6.45) is 0.192. The van der Waals surface area contributed by atoms with E-state index in [9.17, 15) is 9.59 Å². The Hall–Kier alpha value is -2.77. The topological polar surface area (TPSA) is 84.1 Å². The van der Waals surface area contributed by atoms with E-state index in [1.165, 1.54) is 11.8 Å². The van der Waals surface area contributed by atoms with E-state index in [0.29, 0.717) is 33.9 Å². The largest absolute Gasteiger partial charge is 0.494 e. The molecule has 6 nitrogen and oxygen atoms in total. The van der Waals surface area contributed by atoms with Crippen molar-refractivity contribution in [2.45, 2.75) is 30.2 Å². The van der Waals surface area contributed by atoms with Crippen molar-refractivity contribution < 1.29 is 9.53 Å². The third kappa shape index (κ3) is 4.37. The molecule has 0 saturated heterocycles. The zero-order valence-corrected chi connectivity index (χ0v) is 17.8. The summed E-state index contributed by atoms with van der Waals surface area (Å²) in [5.74, 6) is 1.10. The number of H-pyrrole nitrogens is 1. The van der Waals surface area contributed by atoms with Crippen LogP contribution in [0.25, 0.3) is 0 Å². The molecule has 2 heterocycles. The molecule has 1 aliphatic rings. The van der Waals surface area contributed by atoms with Gasteiger partial charge in [0.05, 0.1) is 12.2 Å². The first-order chi connectivity index (χ1) is 14.5. The van der Waals surface area contributed by atoms with Gasteiger partial charge in [-0.25, -0.2) is 4.98 Å². The summed E-state index contributed by atoms with van der Waals surface area (Å²) in [7, 11) is 0. The molecular formula is C22H20ClN3O3S. The highest BCUT2D eigenvalue weighted by Gasteiger charge is 2.31. The van der Waals surface area contributed by atoms with Crippen LogP contribution in [0.1, 0.15) is 36.0 Å². The minimum atomic E-state index is -0.358. The van der Waals surface area contributed by atoms with Gasteiger partial charge in [0.1, 0.15) is 11.6 Å². The molecule has 3 aromatic rings. The van der Waals surface area contributed by atoms with Crippen LogP contribution < -0.4 is 15.6 Å². The molecule has 1 unspecified atom stereocenters. The van der Waals surface area contributed by atoms with Crippen LogP contribution in [0, 0.1) is 0 Å². The maximum Gasteiger partial charge on any atom is 0.257 e. The Morgan fingerprint density at radius 2 is 1.93 bits per heavy atom. The number of amides is 1. The van der Waals surface area contributed by atoms with Gasteiger partial charge in [-0.15, -0.1) is 0 Å². The molecule has 0 spiro atoms. The lowest BCUT2D eigenvalue weighted by Gasteiger charge is -2.24. The molecule has 30 heavy (non-hydrogen) atoms. The summed E-state index contributed by atoms with van der Waals surface area (Å²) in [6, 6.07) is 15.0. The predicted octanol–water partition coefficient (Wildman–Crippen LogP) is 4.59. The normalized spacial score (nSPS) is 15.4. The zero-order valence-electron chi connectivity index (χ0n) is 16.3. The number of fused-ring (bicyclic) bond motifs is 1. The minimum Gasteiger partial charge on any atom is -0.494 e. The van der Waals surface area contributed by atoms with Crippen molar-refractivity contribution in [3.8, 4) is 5.75 Å². The first-order valence-corrected chi connectivity index (χ1v) is 10.9. The van der Waals surface area contributed by atoms with Crippen molar-refractivity contribution in [3.63, 3.8) is 0 Å². The van der Waals surface area contributed by atoms with E-state index in [2.05, 4.69) is 15.3 Å². The van der Waals surface area contributed by atoms with Gasteiger partial charge in [0, 0.05) is 23.1 Å². The van der Waals surface area contributed by atoms with Gasteiger partial charge < -0.3 is 15.0 Å². The molecule has 1 amide bonds. The molecular weight excluding hydrogens is 422 g/mol. The number of halogens is 1. The number of ether oxygens (including phenoxy) is 1. The van der Waals surface area contributed by atoms with Gasteiger partial charge in [0.2, 0.25) is 5.91 Å². The molecule has 0 radical (unpaired) electrons. The maximum absolute atomic E-state index is 12.9. The number of rotatable bonds is 6. The van der Waals surface area contributed by atoms with Gasteiger partial charge in [-0.05, 0) is 36.2 Å². The van der Waals surface area contributed by atoms with Gasteiger partial charge in [-0.2, -0.15) is 0 Å². The summed E-state index contributed by atoms with van der Waals surface area (Å²) in [5, 5.41) is 3.85. The second-order valence-corrected chi connectivity index (χ2v) is 8.19. The van der Waals surface area contributed by atoms with Crippen molar-refractivity contribution in [2.24, 2.45) is 0 Å². The number of nitrogens with one attached hydrogen (secondary N) is 2. The van der Waals surface area contributed by atoms with Crippen LogP contribution >= 0.6 is 23.4 Å². The monoisotopic (exact) mass is 441 g/mol. The number of carbonyl (C=O) groups excluding carboxylic acids is 1. The molecule has 2 aromatic carbocycles. The Balaban J connectivity index is 1.62. The van der Waals surface area contributed by atoms with Gasteiger partial charge in [-0.1, -0.05) is 53.7 Å². The fourth-order valence-corrected chi connectivity index (χ4v) is 4.57. The Morgan fingerprint density at radius 1 is 1.17 bits per heavy atom. The standard InChI is InChI=1S/C22H20ClN3O3S/c1-2-29-15-9-7-13(8-10-15)16-11-18(27)24-20-19(16)21(28)26-22(25-20)30-12-14-5-3-4-6-17(14)23/h3-10,16H,2,11-12H2,1H3,(H2,24,25,26,27,28). The molecule has 0 bridgehead atoms. The van der Waals surface area contributed by atoms with Crippen molar-refractivity contribution in [2.75, 3.05) is 11.9 Å². The van der Waals surface area contributed by atoms with E-state index in [0.717, 1.165) is 16.9 Å². The highest BCUT2D eigenvalue weighted by molar-refractivity contribution is 7.98. The van der Waals surface area contributed by atoms with Gasteiger partial charge in [0.25, 0.3) is 5.56 Å². The van der Waals surface area contributed by atoms with E-state index in [1.807, 2.05) is 55.5 Å². The minimum absolute atomic E-state index is 0.165. The molecule has 8 heteroatoms. The Kier molecular flexibility index (Phi) is 6.11. The Labute approximate surface area is 183 Å². The molecule has 1 atom stereocenters. The number of aromatic amines is 1. The average molecular weight is 442 g/mol. The van der Waals surface area contributed by atoms with E-state index >= 15 is 0 Å². The number of nitrogens with zero attached hydrogens (tertiary/aromatic N) is 1. The van der Waals surface area contributed by atoms with Crippen LogP contribution in [0.2, 0.25) is 5.02 Å². The lowest BCUT2D eigenvalue weighted by molar-refractivity contribution is -0.116. The third-order valence-corrected chi connectivity index (χ3v) is 6.14. The summed E-state index contributed by atoms with van der Waals surface area (Å²) in [5.41, 5.74) is 2.04. The first-order valence-electron chi connectivity index (χ1n) is 9.58. The number of aromatic nitrogens is 2. The smallest absolute Gasteiger partial charge is 0.257 e. The Morgan fingerprint density at radius 3 is 2.67 bits per heavy atom.